The van der Waals surface area contributed by atoms with Gasteiger partial charge in [0, 0.05) is 31.2 Å². The van der Waals surface area contributed by atoms with Gasteiger partial charge in [-0.2, -0.15) is 0 Å². The van der Waals surface area contributed by atoms with Gasteiger partial charge in [-0.05, 0) is 39.2 Å². The lowest BCUT2D eigenvalue weighted by atomic mass is 10.0. The van der Waals surface area contributed by atoms with Gasteiger partial charge in [-0.15, -0.1) is 24.0 Å². The molecular weight excluding hydrogens is 387 g/mol. The van der Waals surface area contributed by atoms with E-state index in [2.05, 4.69) is 72.0 Å². The second-order valence-corrected chi connectivity index (χ2v) is 6.50. The molecule has 1 aliphatic carbocycles. The van der Waals surface area contributed by atoms with Crippen LogP contribution >= 0.6 is 24.0 Å². The summed E-state index contributed by atoms with van der Waals surface area (Å²) in [5.41, 5.74) is 1.29. The van der Waals surface area contributed by atoms with E-state index in [4.69, 9.17) is 0 Å². The number of aliphatic imine (C=N–C) groups is 1. The molecule has 0 aromatic heterocycles. The van der Waals surface area contributed by atoms with Crippen molar-refractivity contribution in [3.63, 3.8) is 0 Å². The molecule has 4 nitrogen and oxygen atoms in total. The van der Waals surface area contributed by atoms with Crippen LogP contribution in [0, 0.1) is 0 Å². The minimum absolute atomic E-state index is 0. The van der Waals surface area contributed by atoms with Crippen molar-refractivity contribution in [1.29, 1.82) is 0 Å². The molecule has 1 aliphatic rings. The number of halogens is 1. The van der Waals surface area contributed by atoms with E-state index in [9.17, 15) is 0 Å². The van der Waals surface area contributed by atoms with E-state index < -0.39 is 0 Å². The Morgan fingerprint density at radius 3 is 2.45 bits per heavy atom. The number of nitrogens with zero attached hydrogens (tertiary/aromatic N) is 1. The van der Waals surface area contributed by atoms with Crippen LogP contribution in [-0.4, -0.2) is 31.1 Å². The van der Waals surface area contributed by atoms with E-state index in [1.54, 1.807) is 0 Å². The maximum absolute atomic E-state index is 4.28. The Morgan fingerprint density at radius 1 is 1.27 bits per heavy atom. The highest BCUT2D eigenvalue weighted by molar-refractivity contribution is 14.0. The Bertz CT molecular complexity index is 469. The molecule has 0 saturated heterocycles. The van der Waals surface area contributed by atoms with Crippen molar-refractivity contribution in [3.8, 4) is 0 Å². The molecule has 0 amide bonds. The molecule has 0 aliphatic heterocycles. The molecule has 5 heteroatoms. The topological polar surface area (TPSA) is 48.5 Å². The summed E-state index contributed by atoms with van der Waals surface area (Å²) < 4.78 is 0. The molecule has 2 rings (SSSR count). The summed E-state index contributed by atoms with van der Waals surface area (Å²) in [4.78, 5) is 4.28. The van der Waals surface area contributed by atoms with Crippen molar-refractivity contribution in [2.45, 2.75) is 51.2 Å². The smallest absolute Gasteiger partial charge is 0.191 e. The van der Waals surface area contributed by atoms with Gasteiger partial charge in [0.25, 0.3) is 0 Å². The first-order chi connectivity index (χ1) is 10.00. The first-order valence-electron chi connectivity index (χ1n) is 7.80. The zero-order valence-corrected chi connectivity index (χ0v) is 16.3. The van der Waals surface area contributed by atoms with Crippen LogP contribution in [0.15, 0.2) is 35.3 Å². The van der Waals surface area contributed by atoms with E-state index in [0.29, 0.717) is 12.1 Å². The minimum atomic E-state index is -0.0174. The highest BCUT2D eigenvalue weighted by atomic mass is 127. The van der Waals surface area contributed by atoms with Gasteiger partial charge in [-0.3, -0.25) is 4.99 Å². The first kappa shape index (κ1) is 19.2. The van der Waals surface area contributed by atoms with Crippen molar-refractivity contribution in [1.82, 2.24) is 16.0 Å². The average molecular weight is 416 g/mol. The molecule has 1 fully saturated rings. The fraction of sp³-hybridized carbons (Fsp3) is 0.588. The summed E-state index contributed by atoms with van der Waals surface area (Å²) in [6, 6.07) is 11.5. The quantitative estimate of drug-likeness (QED) is 0.380. The SMILES string of the molecule is CN=C(NCC(C)(C)NC(C)c1ccccc1)NC1CC1.I. The lowest BCUT2D eigenvalue weighted by Gasteiger charge is -2.31. The predicted molar refractivity (Wildman–Crippen MR) is 105 cm³/mol. The van der Waals surface area contributed by atoms with E-state index in [1.807, 2.05) is 7.05 Å². The summed E-state index contributed by atoms with van der Waals surface area (Å²) in [5.74, 6) is 0.903. The summed E-state index contributed by atoms with van der Waals surface area (Å²) in [6.45, 7) is 7.46. The molecular formula is C17H29IN4. The average Bonchev–Trinajstić information content (AvgIpc) is 3.28. The molecule has 124 valence electrons. The van der Waals surface area contributed by atoms with E-state index >= 15 is 0 Å². The van der Waals surface area contributed by atoms with Crippen molar-refractivity contribution in [3.05, 3.63) is 35.9 Å². The van der Waals surface area contributed by atoms with Gasteiger partial charge in [-0.1, -0.05) is 30.3 Å². The molecule has 0 bridgehead atoms. The van der Waals surface area contributed by atoms with Crippen LogP contribution in [-0.2, 0) is 0 Å². The highest BCUT2D eigenvalue weighted by Crippen LogP contribution is 2.18. The standard InChI is InChI=1S/C17H28N4.HI/c1-13(14-8-6-5-7-9-14)21-17(2,3)12-19-16(18-4)20-15-10-11-15;/h5-9,13,15,21H,10-12H2,1-4H3,(H2,18,19,20);1H. The Morgan fingerprint density at radius 2 is 1.91 bits per heavy atom. The van der Waals surface area contributed by atoms with Gasteiger partial charge in [-0.25, -0.2) is 0 Å². The van der Waals surface area contributed by atoms with Crippen LogP contribution in [0.25, 0.3) is 0 Å². The van der Waals surface area contributed by atoms with Gasteiger partial charge in [0.15, 0.2) is 5.96 Å². The molecule has 1 atom stereocenters. The minimum Gasteiger partial charge on any atom is -0.355 e. The fourth-order valence-electron chi connectivity index (χ4n) is 2.38. The number of hydrogen-bond acceptors (Lipinski definition) is 2. The molecule has 22 heavy (non-hydrogen) atoms. The van der Waals surface area contributed by atoms with Crippen molar-refractivity contribution < 1.29 is 0 Å². The molecule has 1 unspecified atom stereocenters. The van der Waals surface area contributed by atoms with Gasteiger partial charge in [0.1, 0.15) is 0 Å². The molecule has 3 N–H and O–H groups in total. The Balaban J connectivity index is 0.00000242. The number of rotatable bonds is 6. The van der Waals surface area contributed by atoms with Crippen molar-refractivity contribution in [2.75, 3.05) is 13.6 Å². The maximum atomic E-state index is 4.28. The summed E-state index contributed by atoms with van der Waals surface area (Å²) in [7, 11) is 1.82. The lowest BCUT2D eigenvalue weighted by Crippen LogP contribution is -2.52. The second kappa shape index (κ2) is 8.72. The van der Waals surface area contributed by atoms with Crippen LogP contribution in [0.4, 0.5) is 0 Å². The van der Waals surface area contributed by atoms with Crippen LogP contribution in [0.1, 0.15) is 45.2 Å². The van der Waals surface area contributed by atoms with E-state index in [-0.39, 0.29) is 29.5 Å². The molecule has 1 aromatic carbocycles. The number of benzene rings is 1. The molecule has 1 aromatic rings. The zero-order chi connectivity index (χ0) is 15.3. The Kier molecular flexibility index (Phi) is 7.62. The van der Waals surface area contributed by atoms with Gasteiger partial charge >= 0.3 is 0 Å². The van der Waals surface area contributed by atoms with Crippen LogP contribution in [0.5, 0.6) is 0 Å². The monoisotopic (exact) mass is 416 g/mol. The van der Waals surface area contributed by atoms with Crippen molar-refractivity contribution >= 4 is 29.9 Å². The summed E-state index contributed by atoms with van der Waals surface area (Å²) in [5, 5.41) is 10.5. The van der Waals surface area contributed by atoms with Gasteiger partial charge in [0.2, 0.25) is 0 Å². The third kappa shape index (κ3) is 6.52. The Labute approximate surface area is 151 Å². The Hall–Kier alpha value is -0.820. The molecule has 0 spiro atoms. The van der Waals surface area contributed by atoms with Gasteiger partial charge in [0.05, 0.1) is 0 Å². The van der Waals surface area contributed by atoms with E-state index in [0.717, 1.165) is 12.5 Å². The van der Waals surface area contributed by atoms with Crippen LogP contribution in [0.3, 0.4) is 0 Å². The van der Waals surface area contributed by atoms with Crippen molar-refractivity contribution in [2.24, 2.45) is 4.99 Å². The van der Waals surface area contributed by atoms with Crippen LogP contribution in [0.2, 0.25) is 0 Å². The number of guanidine groups is 1. The summed E-state index contributed by atoms with van der Waals surface area (Å²) in [6.07, 6.45) is 2.51. The first-order valence-corrected chi connectivity index (χ1v) is 7.80. The van der Waals surface area contributed by atoms with Gasteiger partial charge < -0.3 is 16.0 Å². The second-order valence-electron chi connectivity index (χ2n) is 6.50. The molecule has 0 radical (unpaired) electrons. The van der Waals surface area contributed by atoms with Crippen LogP contribution < -0.4 is 16.0 Å². The largest absolute Gasteiger partial charge is 0.355 e. The third-order valence-electron chi connectivity index (χ3n) is 3.75. The highest BCUT2D eigenvalue weighted by Gasteiger charge is 2.24. The maximum Gasteiger partial charge on any atom is 0.191 e. The lowest BCUT2D eigenvalue weighted by molar-refractivity contribution is 0.345. The normalized spacial score (nSPS) is 16.6. The van der Waals surface area contributed by atoms with E-state index in [1.165, 1.54) is 18.4 Å². The number of hydrogen-bond donors (Lipinski definition) is 3. The molecule has 0 heterocycles. The zero-order valence-electron chi connectivity index (χ0n) is 14.0. The number of nitrogens with one attached hydrogen (secondary N) is 3. The summed E-state index contributed by atoms with van der Waals surface area (Å²) >= 11 is 0. The third-order valence-corrected chi connectivity index (χ3v) is 3.75. The fourth-order valence-corrected chi connectivity index (χ4v) is 2.38. The predicted octanol–water partition coefficient (Wildman–Crippen LogP) is 3.06. The molecule has 1 saturated carbocycles.